The van der Waals surface area contributed by atoms with Gasteiger partial charge in [-0.3, -0.25) is 4.79 Å². The topological polar surface area (TPSA) is 29.1 Å². The minimum absolute atomic E-state index is 0.159. The molecule has 0 atom stereocenters. The number of halogens is 4. The van der Waals surface area contributed by atoms with Crippen LogP contribution in [0.15, 0.2) is 24.3 Å². The molecule has 0 saturated heterocycles. The normalized spacial score (nSPS) is 11.2. The van der Waals surface area contributed by atoms with E-state index in [2.05, 4.69) is 5.32 Å². The zero-order valence-corrected chi connectivity index (χ0v) is 9.59. The predicted octanol–water partition coefficient (Wildman–Crippen LogP) is 3.08. The summed E-state index contributed by atoms with van der Waals surface area (Å²) in [6, 6.07) is 4.54. The summed E-state index contributed by atoms with van der Waals surface area (Å²) in [6.07, 6.45) is -4.38. The monoisotopic (exact) mass is 329 g/mol. The van der Waals surface area contributed by atoms with Crippen molar-refractivity contribution in [1.82, 2.24) is 0 Å². The SMILES string of the molecule is O=C(CI)Nc1cccc(C(F)(F)F)c1. The number of alkyl halides is 4. The standard InChI is InChI=1S/C9H7F3INO/c10-9(11,12)6-2-1-3-7(4-6)14-8(15)5-13/h1-4H,5H2,(H,14,15). The zero-order valence-electron chi connectivity index (χ0n) is 7.44. The van der Waals surface area contributed by atoms with Crippen LogP contribution < -0.4 is 5.32 Å². The van der Waals surface area contributed by atoms with E-state index in [1.54, 1.807) is 0 Å². The van der Waals surface area contributed by atoms with Crippen LogP contribution in [0.2, 0.25) is 0 Å². The van der Waals surface area contributed by atoms with Gasteiger partial charge in [-0.25, -0.2) is 0 Å². The van der Waals surface area contributed by atoms with Crippen LogP contribution in [0.4, 0.5) is 18.9 Å². The van der Waals surface area contributed by atoms with Gasteiger partial charge in [-0.15, -0.1) is 0 Å². The number of amides is 1. The third-order valence-electron chi connectivity index (χ3n) is 1.60. The molecular weight excluding hydrogens is 322 g/mol. The molecule has 0 heterocycles. The highest BCUT2D eigenvalue weighted by molar-refractivity contribution is 14.1. The average Bonchev–Trinajstić information content (AvgIpc) is 2.17. The Bertz CT molecular complexity index is 365. The van der Waals surface area contributed by atoms with Gasteiger partial charge in [-0.2, -0.15) is 13.2 Å². The summed E-state index contributed by atoms with van der Waals surface area (Å²) in [5.41, 5.74) is -0.611. The summed E-state index contributed by atoms with van der Waals surface area (Å²) < 4.78 is 37.0. The van der Waals surface area contributed by atoms with Gasteiger partial charge in [0.2, 0.25) is 5.91 Å². The highest BCUT2D eigenvalue weighted by atomic mass is 127. The average molecular weight is 329 g/mol. The maximum Gasteiger partial charge on any atom is 0.416 e. The first-order valence-corrected chi connectivity index (χ1v) is 5.49. The molecule has 0 radical (unpaired) electrons. The van der Waals surface area contributed by atoms with Crippen molar-refractivity contribution in [3.8, 4) is 0 Å². The molecule has 2 nitrogen and oxygen atoms in total. The number of anilines is 1. The predicted molar refractivity (Wildman–Crippen MR) is 59.0 cm³/mol. The number of hydrogen-bond acceptors (Lipinski definition) is 1. The van der Waals surface area contributed by atoms with Crippen LogP contribution in [0.25, 0.3) is 0 Å². The lowest BCUT2D eigenvalue weighted by atomic mass is 10.2. The van der Waals surface area contributed by atoms with Gasteiger partial charge in [0.15, 0.2) is 0 Å². The first kappa shape index (κ1) is 12.3. The van der Waals surface area contributed by atoms with E-state index in [0.29, 0.717) is 0 Å². The maximum atomic E-state index is 12.3. The summed E-state index contributed by atoms with van der Waals surface area (Å²) in [6.45, 7) is 0. The molecule has 0 bridgehead atoms. The molecule has 0 fully saturated rings. The van der Waals surface area contributed by atoms with Crippen LogP contribution in [0.3, 0.4) is 0 Å². The second kappa shape index (κ2) is 4.82. The van der Waals surface area contributed by atoms with Crippen LogP contribution >= 0.6 is 22.6 Å². The number of hydrogen-bond donors (Lipinski definition) is 1. The van der Waals surface area contributed by atoms with Crippen LogP contribution in [0, 0.1) is 0 Å². The highest BCUT2D eigenvalue weighted by Gasteiger charge is 2.30. The van der Waals surface area contributed by atoms with E-state index in [1.807, 2.05) is 22.6 Å². The van der Waals surface area contributed by atoms with E-state index in [-0.39, 0.29) is 16.0 Å². The van der Waals surface area contributed by atoms with Crippen LogP contribution in [0.1, 0.15) is 5.56 Å². The number of rotatable bonds is 2. The Hall–Kier alpha value is -0.790. The van der Waals surface area contributed by atoms with Gasteiger partial charge in [0.1, 0.15) is 0 Å². The van der Waals surface area contributed by atoms with E-state index in [4.69, 9.17) is 0 Å². The first-order valence-electron chi connectivity index (χ1n) is 3.96. The lowest BCUT2D eigenvalue weighted by molar-refractivity contribution is -0.137. The van der Waals surface area contributed by atoms with E-state index in [0.717, 1.165) is 12.1 Å². The smallest absolute Gasteiger partial charge is 0.325 e. The molecule has 0 unspecified atom stereocenters. The zero-order chi connectivity index (χ0) is 11.5. The number of nitrogens with one attached hydrogen (secondary N) is 1. The molecule has 1 aromatic rings. The number of carbonyl (C=O) groups is 1. The maximum absolute atomic E-state index is 12.3. The molecule has 0 saturated carbocycles. The Kier molecular flexibility index (Phi) is 3.95. The summed E-state index contributed by atoms with van der Waals surface area (Å²) in [5.74, 6) is -0.324. The second-order valence-electron chi connectivity index (χ2n) is 2.76. The fourth-order valence-electron chi connectivity index (χ4n) is 0.968. The molecule has 1 rings (SSSR count). The van der Waals surface area contributed by atoms with Crippen molar-refractivity contribution in [1.29, 1.82) is 0 Å². The molecule has 0 aliphatic carbocycles. The molecule has 1 aromatic carbocycles. The number of carbonyl (C=O) groups excluding carboxylic acids is 1. The Morgan fingerprint density at radius 1 is 1.40 bits per heavy atom. The Morgan fingerprint density at radius 2 is 2.07 bits per heavy atom. The van der Waals surface area contributed by atoms with Gasteiger partial charge in [-0.1, -0.05) is 28.7 Å². The molecule has 0 aromatic heterocycles. The molecule has 0 spiro atoms. The fourth-order valence-corrected chi connectivity index (χ4v) is 1.16. The summed E-state index contributed by atoms with van der Waals surface area (Å²) in [4.78, 5) is 10.9. The van der Waals surface area contributed by atoms with Gasteiger partial charge in [0, 0.05) is 5.69 Å². The van der Waals surface area contributed by atoms with Crippen molar-refractivity contribution in [3.05, 3.63) is 29.8 Å². The van der Waals surface area contributed by atoms with Gasteiger partial charge < -0.3 is 5.32 Å². The van der Waals surface area contributed by atoms with Crippen molar-refractivity contribution in [2.24, 2.45) is 0 Å². The van der Waals surface area contributed by atoms with E-state index in [1.165, 1.54) is 12.1 Å². The molecular formula is C9H7F3INO. The van der Waals surface area contributed by atoms with Crippen molar-refractivity contribution in [2.45, 2.75) is 6.18 Å². The molecule has 6 heteroatoms. The van der Waals surface area contributed by atoms with Crippen LogP contribution in [-0.2, 0) is 11.0 Å². The first-order chi connectivity index (χ1) is 6.93. The third-order valence-corrected chi connectivity index (χ3v) is 2.29. The largest absolute Gasteiger partial charge is 0.416 e. The van der Waals surface area contributed by atoms with Crippen molar-refractivity contribution in [3.63, 3.8) is 0 Å². The van der Waals surface area contributed by atoms with Crippen molar-refractivity contribution < 1.29 is 18.0 Å². The summed E-state index contributed by atoms with van der Waals surface area (Å²) in [7, 11) is 0. The van der Waals surface area contributed by atoms with Crippen molar-refractivity contribution >= 4 is 34.2 Å². The van der Waals surface area contributed by atoms with E-state index in [9.17, 15) is 18.0 Å². The lowest BCUT2D eigenvalue weighted by Gasteiger charge is -2.08. The van der Waals surface area contributed by atoms with Gasteiger partial charge in [0.05, 0.1) is 9.99 Å². The third kappa shape index (κ3) is 3.69. The minimum atomic E-state index is -4.38. The van der Waals surface area contributed by atoms with Gasteiger partial charge in [0.25, 0.3) is 0 Å². The lowest BCUT2D eigenvalue weighted by Crippen LogP contribution is -2.13. The molecule has 0 aliphatic rings. The quantitative estimate of drug-likeness (QED) is 0.656. The molecule has 15 heavy (non-hydrogen) atoms. The van der Waals surface area contributed by atoms with Crippen LogP contribution in [-0.4, -0.2) is 10.3 Å². The Labute approximate surface area is 98.0 Å². The van der Waals surface area contributed by atoms with Crippen LogP contribution in [0.5, 0.6) is 0 Å². The van der Waals surface area contributed by atoms with E-state index >= 15 is 0 Å². The summed E-state index contributed by atoms with van der Waals surface area (Å²) in [5, 5.41) is 2.36. The fraction of sp³-hybridized carbons (Fsp3) is 0.222. The summed E-state index contributed by atoms with van der Waals surface area (Å²) >= 11 is 1.83. The minimum Gasteiger partial charge on any atom is -0.325 e. The van der Waals surface area contributed by atoms with Gasteiger partial charge >= 0.3 is 6.18 Å². The van der Waals surface area contributed by atoms with E-state index < -0.39 is 11.7 Å². The number of benzene rings is 1. The molecule has 1 N–H and O–H groups in total. The molecule has 0 aliphatic heterocycles. The highest BCUT2D eigenvalue weighted by Crippen LogP contribution is 2.30. The Morgan fingerprint density at radius 3 is 2.60 bits per heavy atom. The van der Waals surface area contributed by atoms with Gasteiger partial charge in [-0.05, 0) is 18.2 Å². The van der Waals surface area contributed by atoms with Crippen molar-refractivity contribution in [2.75, 3.05) is 9.74 Å². The molecule has 82 valence electrons. The second-order valence-corrected chi connectivity index (χ2v) is 3.52. The Balaban J connectivity index is 2.88. The molecule has 1 amide bonds.